The van der Waals surface area contributed by atoms with E-state index >= 15 is 0 Å². The molecule has 0 atom stereocenters. The van der Waals surface area contributed by atoms with Gasteiger partial charge < -0.3 is 4.74 Å². The SMILES string of the molecule is CCCN(CC(=O)OC)S(=O)(=O)Cc1ccc(C#N)cc1. The number of hydrogen-bond donors (Lipinski definition) is 0. The highest BCUT2D eigenvalue weighted by Crippen LogP contribution is 2.12. The average Bonchev–Trinajstić information content (AvgIpc) is 2.47. The van der Waals surface area contributed by atoms with Crippen molar-refractivity contribution in [1.82, 2.24) is 4.31 Å². The lowest BCUT2D eigenvalue weighted by molar-refractivity contribution is -0.140. The maximum absolute atomic E-state index is 12.3. The van der Waals surface area contributed by atoms with Gasteiger partial charge >= 0.3 is 5.97 Å². The molecule has 0 unspecified atom stereocenters. The first kappa shape index (κ1) is 17.1. The van der Waals surface area contributed by atoms with Crippen molar-refractivity contribution in [2.45, 2.75) is 19.1 Å². The summed E-state index contributed by atoms with van der Waals surface area (Å²) in [6.07, 6.45) is 0.601. The normalized spacial score (nSPS) is 11.1. The van der Waals surface area contributed by atoms with Gasteiger partial charge in [-0.3, -0.25) is 4.79 Å². The van der Waals surface area contributed by atoms with Crippen LogP contribution in [-0.4, -0.2) is 38.9 Å². The van der Waals surface area contributed by atoms with Crippen LogP contribution in [0, 0.1) is 11.3 Å². The number of carbonyl (C=O) groups is 1. The third kappa shape index (κ3) is 5.17. The van der Waals surface area contributed by atoms with Crippen LogP contribution >= 0.6 is 0 Å². The van der Waals surface area contributed by atoms with Crippen molar-refractivity contribution in [1.29, 1.82) is 5.26 Å². The van der Waals surface area contributed by atoms with E-state index in [1.807, 2.05) is 13.0 Å². The van der Waals surface area contributed by atoms with Gasteiger partial charge in [0.1, 0.15) is 6.54 Å². The molecule has 0 aliphatic heterocycles. The van der Waals surface area contributed by atoms with E-state index in [9.17, 15) is 13.2 Å². The molecular weight excluding hydrogens is 292 g/mol. The molecule has 0 saturated heterocycles. The third-order valence-corrected chi connectivity index (χ3v) is 4.63. The van der Waals surface area contributed by atoms with Crippen molar-refractivity contribution in [3.63, 3.8) is 0 Å². The number of methoxy groups -OCH3 is 1. The Labute approximate surface area is 125 Å². The average molecular weight is 310 g/mol. The summed E-state index contributed by atoms with van der Waals surface area (Å²) in [5.41, 5.74) is 1.04. The molecule has 0 spiro atoms. The quantitative estimate of drug-likeness (QED) is 0.708. The summed E-state index contributed by atoms with van der Waals surface area (Å²) in [6, 6.07) is 8.29. The minimum absolute atomic E-state index is 0.213. The fourth-order valence-corrected chi connectivity index (χ4v) is 3.31. The number of sulfonamides is 1. The number of nitriles is 1. The van der Waals surface area contributed by atoms with Crippen LogP contribution in [0.2, 0.25) is 0 Å². The first-order valence-electron chi connectivity index (χ1n) is 6.46. The van der Waals surface area contributed by atoms with Crippen LogP contribution in [0.3, 0.4) is 0 Å². The molecule has 0 amide bonds. The van der Waals surface area contributed by atoms with Crippen molar-refractivity contribution in [2.24, 2.45) is 0 Å². The van der Waals surface area contributed by atoms with E-state index in [2.05, 4.69) is 4.74 Å². The molecule has 0 aliphatic rings. The smallest absolute Gasteiger partial charge is 0.321 e. The van der Waals surface area contributed by atoms with Crippen LogP contribution in [0.15, 0.2) is 24.3 Å². The van der Waals surface area contributed by atoms with Gasteiger partial charge in [0, 0.05) is 6.54 Å². The zero-order chi connectivity index (χ0) is 15.9. The summed E-state index contributed by atoms with van der Waals surface area (Å²) in [5.74, 6) is -0.803. The number of benzene rings is 1. The van der Waals surface area contributed by atoms with Crippen LogP contribution in [0.1, 0.15) is 24.5 Å². The Morgan fingerprint density at radius 2 is 1.95 bits per heavy atom. The molecule has 1 rings (SSSR count). The number of nitrogens with zero attached hydrogens (tertiary/aromatic N) is 2. The second-order valence-electron chi connectivity index (χ2n) is 4.47. The predicted octanol–water partition coefficient (Wildman–Crippen LogP) is 1.27. The van der Waals surface area contributed by atoms with Gasteiger partial charge in [-0.05, 0) is 24.1 Å². The van der Waals surface area contributed by atoms with Gasteiger partial charge in [-0.25, -0.2) is 8.42 Å². The Bertz CT molecular complexity index is 617. The summed E-state index contributed by atoms with van der Waals surface area (Å²) in [5, 5.41) is 8.72. The lowest BCUT2D eigenvalue weighted by Gasteiger charge is -2.20. The predicted molar refractivity (Wildman–Crippen MR) is 77.7 cm³/mol. The van der Waals surface area contributed by atoms with E-state index < -0.39 is 16.0 Å². The van der Waals surface area contributed by atoms with Crippen LogP contribution in [0.25, 0.3) is 0 Å². The number of esters is 1. The monoisotopic (exact) mass is 310 g/mol. The summed E-state index contributed by atoms with van der Waals surface area (Å²) >= 11 is 0. The number of hydrogen-bond acceptors (Lipinski definition) is 5. The van der Waals surface area contributed by atoms with Crippen LogP contribution < -0.4 is 0 Å². The molecule has 0 heterocycles. The molecule has 0 radical (unpaired) electrons. The van der Waals surface area contributed by atoms with Crippen molar-refractivity contribution in [3.8, 4) is 6.07 Å². The van der Waals surface area contributed by atoms with Gasteiger partial charge in [-0.15, -0.1) is 0 Å². The van der Waals surface area contributed by atoms with Crippen LogP contribution in [0.5, 0.6) is 0 Å². The van der Waals surface area contributed by atoms with Crippen molar-refractivity contribution >= 4 is 16.0 Å². The van der Waals surface area contributed by atoms with E-state index in [-0.39, 0.29) is 18.8 Å². The largest absolute Gasteiger partial charge is 0.468 e. The topological polar surface area (TPSA) is 87.5 Å². The van der Waals surface area contributed by atoms with Gasteiger partial charge in [0.2, 0.25) is 10.0 Å². The molecule has 1 aromatic carbocycles. The van der Waals surface area contributed by atoms with Gasteiger partial charge in [-0.2, -0.15) is 9.57 Å². The Hall–Kier alpha value is -1.91. The lowest BCUT2D eigenvalue weighted by atomic mass is 10.2. The first-order chi connectivity index (χ1) is 9.92. The Morgan fingerprint density at radius 1 is 1.33 bits per heavy atom. The maximum Gasteiger partial charge on any atom is 0.321 e. The molecule has 114 valence electrons. The van der Waals surface area contributed by atoms with Crippen LogP contribution in [0.4, 0.5) is 0 Å². The molecular formula is C14H18N2O4S. The van der Waals surface area contributed by atoms with E-state index in [1.54, 1.807) is 24.3 Å². The van der Waals surface area contributed by atoms with Crippen molar-refractivity contribution in [3.05, 3.63) is 35.4 Å². The molecule has 0 saturated carbocycles. The number of carbonyl (C=O) groups excluding carboxylic acids is 1. The standard InChI is InChI=1S/C14H18N2O4S/c1-3-8-16(10-14(17)20-2)21(18,19)11-13-6-4-12(9-15)5-7-13/h4-7H,3,8,10-11H2,1-2H3. The first-order valence-corrected chi connectivity index (χ1v) is 8.07. The lowest BCUT2D eigenvalue weighted by Crippen LogP contribution is -2.37. The molecule has 0 bridgehead atoms. The minimum atomic E-state index is -3.61. The van der Waals surface area contributed by atoms with Gasteiger partial charge in [0.05, 0.1) is 24.5 Å². The summed E-state index contributed by atoms with van der Waals surface area (Å²) in [6.45, 7) is 1.80. The Kier molecular flexibility index (Phi) is 6.34. The van der Waals surface area contributed by atoms with E-state index in [4.69, 9.17) is 5.26 Å². The van der Waals surface area contributed by atoms with E-state index in [0.29, 0.717) is 17.5 Å². The summed E-state index contributed by atoms with van der Waals surface area (Å²) in [7, 11) is -2.39. The Balaban J connectivity index is 2.89. The Morgan fingerprint density at radius 3 is 2.43 bits per heavy atom. The molecule has 7 heteroatoms. The highest BCUT2D eigenvalue weighted by molar-refractivity contribution is 7.88. The fourth-order valence-electron chi connectivity index (χ4n) is 1.75. The minimum Gasteiger partial charge on any atom is -0.468 e. The third-order valence-electron chi connectivity index (χ3n) is 2.83. The second kappa shape index (κ2) is 7.76. The molecule has 0 fully saturated rings. The van der Waals surface area contributed by atoms with E-state index in [0.717, 1.165) is 4.31 Å². The maximum atomic E-state index is 12.3. The highest BCUT2D eigenvalue weighted by Gasteiger charge is 2.24. The molecule has 0 N–H and O–H groups in total. The zero-order valence-corrected chi connectivity index (χ0v) is 12.9. The molecule has 0 aliphatic carbocycles. The zero-order valence-electron chi connectivity index (χ0n) is 12.1. The van der Waals surface area contributed by atoms with Crippen molar-refractivity contribution in [2.75, 3.05) is 20.2 Å². The molecule has 6 nitrogen and oxygen atoms in total. The second-order valence-corrected chi connectivity index (χ2v) is 6.44. The molecule has 21 heavy (non-hydrogen) atoms. The fraction of sp³-hybridized carbons (Fsp3) is 0.429. The van der Waals surface area contributed by atoms with Gasteiger partial charge in [0.15, 0.2) is 0 Å². The summed E-state index contributed by atoms with van der Waals surface area (Å²) < 4.78 is 30.3. The van der Waals surface area contributed by atoms with Gasteiger partial charge in [-0.1, -0.05) is 19.1 Å². The van der Waals surface area contributed by atoms with Crippen molar-refractivity contribution < 1.29 is 17.9 Å². The highest BCUT2D eigenvalue weighted by atomic mass is 32.2. The molecule has 1 aromatic rings. The number of ether oxygens (including phenoxy) is 1. The summed E-state index contributed by atoms with van der Waals surface area (Å²) in [4.78, 5) is 11.3. The van der Waals surface area contributed by atoms with Gasteiger partial charge in [0.25, 0.3) is 0 Å². The van der Waals surface area contributed by atoms with E-state index in [1.165, 1.54) is 7.11 Å². The van der Waals surface area contributed by atoms with Crippen LogP contribution in [-0.2, 0) is 25.3 Å². The number of rotatable bonds is 7. The molecule has 0 aromatic heterocycles.